The molecule has 2 N–H and O–H groups in total. The maximum absolute atomic E-state index is 9.98. The third kappa shape index (κ3) is 2.53. The minimum atomic E-state index is 0.683. The van der Waals surface area contributed by atoms with Crippen LogP contribution < -0.4 is 10.6 Å². The Kier molecular flexibility index (Phi) is 4.37. The lowest BCUT2D eigenvalue weighted by atomic mass is 10.3. The number of carbonyl (C=O) groups is 1. The number of nitrogens with one attached hydrogen (secondary N) is 2. The molecule has 0 aliphatic rings. The molecule has 0 spiro atoms. The molecule has 1 amide bonds. The Morgan fingerprint density at radius 1 is 1.60 bits per heavy atom. The smallest absolute Gasteiger partial charge is 0.211 e. The molecule has 0 aromatic carbocycles. The van der Waals surface area contributed by atoms with E-state index in [1.54, 1.807) is 0 Å². The van der Waals surface area contributed by atoms with Gasteiger partial charge in [0, 0.05) is 18.4 Å². The van der Waals surface area contributed by atoms with Crippen molar-refractivity contribution in [3.8, 4) is 0 Å². The normalized spacial score (nSPS) is 11.9. The zero-order chi connectivity index (χ0) is 7.98. The summed E-state index contributed by atoms with van der Waals surface area (Å²) in [6.45, 7) is 3.89. The summed E-state index contributed by atoms with van der Waals surface area (Å²) < 4.78 is 0. The Labute approximate surface area is 61.5 Å². The van der Waals surface area contributed by atoms with Gasteiger partial charge in [-0.2, -0.15) is 0 Å². The maximum atomic E-state index is 9.98. The Balaban J connectivity index is 4.11. The minimum absolute atomic E-state index is 0.683. The second-order valence-electron chi connectivity index (χ2n) is 1.97. The number of rotatable bonds is 4. The van der Waals surface area contributed by atoms with Crippen LogP contribution in [0.2, 0.25) is 0 Å². The molecule has 10 heavy (non-hydrogen) atoms. The highest BCUT2D eigenvalue weighted by Crippen LogP contribution is 1.99. The van der Waals surface area contributed by atoms with Crippen LogP contribution >= 0.6 is 0 Å². The summed E-state index contributed by atoms with van der Waals surface area (Å²) in [7, 11) is 1.84. The molecular weight excluding hydrogens is 128 g/mol. The van der Waals surface area contributed by atoms with E-state index in [-0.39, 0.29) is 0 Å². The first-order valence-electron chi connectivity index (χ1n) is 3.34. The zero-order valence-electron chi connectivity index (χ0n) is 6.69. The number of amides is 1. The van der Waals surface area contributed by atoms with Crippen LogP contribution in [0.25, 0.3) is 0 Å². The lowest BCUT2D eigenvalue weighted by Crippen LogP contribution is -2.16. The highest BCUT2D eigenvalue weighted by atomic mass is 16.1. The van der Waals surface area contributed by atoms with E-state index in [9.17, 15) is 4.79 Å². The van der Waals surface area contributed by atoms with Crippen molar-refractivity contribution in [1.29, 1.82) is 0 Å². The van der Waals surface area contributed by atoms with Crippen molar-refractivity contribution in [2.75, 3.05) is 7.05 Å². The zero-order valence-corrected chi connectivity index (χ0v) is 6.69. The molecule has 0 unspecified atom stereocenters. The molecule has 0 aromatic rings. The van der Waals surface area contributed by atoms with Crippen molar-refractivity contribution < 1.29 is 4.79 Å². The van der Waals surface area contributed by atoms with Crippen molar-refractivity contribution in [1.82, 2.24) is 10.6 Å². The van der Waals surface area contributed by atoms with Crippen LogP contribution in [0, 0.1) is 0 Å². The van der Waals surface area contributed by atoms with E-state index in [4.69, 9.17) is 0 Å². The summed E-state index contributed by atoms with van der Waals surface area (Å²) in [6.07, 6.45) is 1.59. The lowest BCUT2D eigenvalue weighted by molar-refractivity contribution is -0.108. The van der Waals surface area contributed by atoms with E-state index in [1.807, 2.05) is 20.9 Å². The first-order chi connectivity index (χ1) is 4.76. The van der Waals surface area contributed by atoms with Gasteiger partial charge in [0.25, 0.3) is 0 Å². The quantitative estimate of drug-likeness (QED) is 0.564. The molecule has 0 aliphatic carbocycles. The average molecular weight is 142 g/mol. The van der Waals surface area contributed by atoms with E-state index in [2.05, 4.69) is 10.6 Å². The molecule has 0 aliphatic heterocycles. The van der Waals surface area contributed by atoms with Gasteiger partial charge in [-0.1, -0.05) is 6.92 Å². The predicted octanol–water partition coefficient (Wildman–Crippen LogP) is 0.593. The summed E-state index contributed by atoms with van der Waals surface area (Å²) in [4.78, 5) is 9.98. The Hall–Kier alpha value is -0.990. The van der Waals surface area contributed by atoms with Crippen molar-refractivity contribution in [3.63, 3.8) is 0 Å². The molecule has 0 radical (unpaired) electrons. The maximum Gasteiger partial charge on any atom is 0.211 e. The largest absolute Gasteiger partial charge is 0.390 e. The van der Waals surface area contributed by atoms with Gasteiger partial charge in [0.2, 0.25) is 6.41 Å². The molecular formula is C7H14N2O. The molecule has 58 valence electrons. The highest BCUT2D eigenvalue weighted by molar-refractivity contribution is 5.50. The molecule has 3 nitrogen and oxygen atoms in total. The Bertz CT molecular complexity index is 135. The number of allylic oxidation sites excluding steroid dienone is 2. The van der Waals surface area contributed by atoms with Crippen molar-refractivity contribution >= 4 is 6.41 Å². The summed E-state index contributed by atoms with van der Waals surface area (Å²) in [5, 5.41) is 5.58. The summed E-state index contributed by atoms with van der Waals surface area (Å²) in [5.41, 5.74) is 1.95. The van der Waals surface area contributed by atoms with Crippen LogP contribution in [0.4, 0.5) is 0 Å². The fraction of sp³-hybridized carbons (Fsp3) is 0.571. The third-order valence-corrected chi connectivity index (χ3v) is 1.38. The SMILES string of the molecule is CC/C(NC)=C(/C)NC=O. The molecule has 0 bridgehead atoms. The summed E-state index contributed by atoms with van der Waals surface area (Å²) in [5.74, 6) is 0. The van der Waals surface area contributed by atoms with Gasteiger partial charge in [0.1, 0.15) is 0 Å². The number of hydrogen-bond donors (Lipinski definition) is 2. The lowest BCUT2D eigenvalue weighted by Gasteiger charge is -2.07. The van der Waals surface area contributed by atoms with Crippen molar-refractivity contribution in [2.45, 2.75) is 20.3 Å². The fourth-order valence-electron chi connectivity index (χ4n) is 0.805. The van der Waals surface area contributed by atoms with E-state index in [0.29, 0.717) is 6.41 Å². The van der Waals surface area contributed by atoms with Crippen LogP contribution in [0.15, 0.2) is 11.4 Å². The van der Waals surface area contributed by atoms with Gasteiger partial charge in [-0.15, -0.1) is 0 Å². The van der Waals surface area contributed by atoms with Gasteiger partial charge >= 0.3 is 0 Å². The minimum Gasteiger partial charge on any atom is -0.390 e. The van der Waals surface area contributed by atoms with Crippen LogP contribution in [0.1, 0.15) is 20.3 Å². The molecule has 0 atom stereocenters. The van der Waals surface area contributed by atoms with Crippen LogP contribution in [0.3, 0.4) is 0 Å². The van der Waals surface area contributed by atoms with Crippen LogP contribution in [0.5, 0.6) is 0 Å². The average Bonchev–Trinajstić information content (AvgIpc) is 1.91. The van der Waals surface area contributed by atoms with Crippen LogP contribution in [-0.2, 0) is 4.79 Å². The van der Waals surface area contributed by atoms with Gasteiger partial charge < -0.3 is 10.6 Å². The third-order valence-electron chi connectivity index (χ3n) is 1.38. The molecule has 0 heterocycles. The molecule has 0 saturated heterocycles. The molecule has 0 saturated carbocycles. The standard InChI is InChI=1S/C7H14N2O/c1-4-7(8-3)6(2)9-5-10/h5,8H,4H2,1-3H3,(H,9,10)/b7-6+. The van der Waals surface area contributed by atoms with Gasteiger partial charge in [-0.05, 0) is 13.3 Å². The van der Waals surface area contributed by atoms with Crippen molar-refractivity contribution in [2.24, 2.45) is 0 Å². The number of hydrogen-bond acceptors (Lipinski definition) is 2. The molecule has 0 aromatic heterocycles. The van der Waals surface area contributed by atoms with Gasteiger partial charge in [-0.3, -0.25) is 4.79 Å². The monoisotopic (exact) mass is 142 g/mol. The second-order valence-corrected chi connectivity index (χ2v) is 1.97. The van der Waals surface area contributed by atoms with E-state index in [1.165, 1.54) is 0 Å². The molecule has 3 heteroatoms. The molecule has 0 rings (SSSR count). The summed E-state index contributed by atoms with van der Waals surface area (Å²) in [6, 6.07) is 0. The second kappa shape index (κ2) is 4.85. The van der Waals surface area contributed by atoms with Gasteiger partial charge in [0.05, 0.1) is 0 Å². The number of carbonyl (C=O) groups excluding carboxylic acids is 1. The fourth-order valence-corrected chi connectivity index (χ4v) is 0.805. The molecule has 0 fully saturated rings. The van der Waals surface area contributed by atoms with E-state index >= 15 is 0 Å². The summed E-state index contributed by atoms with van der Waals surface area (Å²) >= 11 is 0. The van der Waals surface area contributed by atoms with Crippen molar-refractivity contribution in [3.05, 3.63) is 11.4 Å². The van der Waals surface area contributed by atoms with E-state index in [0.717, 1.165) is 17.8 Å². The van der Waals surface area contributed by atoms with Gasteiger partial charge in [0.15, 0.2) is 0 Å². The van der Waals surface area contributed by atoms with Crippen LogP contribution in [-0.4, -0.2) is 13.5 Å². The first-order valence-corrected chi connectivity index (χ1v) is 3.34. The van der Waals surface area contributed by atoms with Gasteiger partial charge in [-0.25, -0.2) is 0 Å². The predicted molar refractivity (Wildman–Crippen MR) is 41.3 cm³/mol. The topological polar surface area (TPSA) is 41.1 Å². The van der Waals surface area contributed by atoms with E-state index < -0.39 is 0 Å². The Morgan fingerprint density at radius 2 is 2.20 bits per heavy atom. The highest BCUT2D eigenvalue weighted by Gasteiger charge is 1.94. The Morgan fingerprint density at radius 3 is 2.50 bits per heavy atom. The first kappa shape index (κ1) is 9.01.